The van der Waals surface area contributed by atoms with Gasteiger partial charge >= 0.3 is 11.9 Å². The van der Waals surface area contributed by atoms with Crippen molar-refractivity contribution in [1.29, 1.82) is 0 Å². The summed E-state index contributed by atoms with van der Waals surface area (Å²) < 4.78 is 5.06. The van der Waals surface area contributed by atoms with E-state index in [9.17, 15) is 9.59 Å². The highest BCUT2D eigenvalue weighted by atomic mass is 16.5. The predicted octanol–water partition coefficient (Wildman–Crippen LogP) is 1.78. The van der Waals surface area contributed by atoms with E-state index >= 15 is 0 Å². The number of carbonyl (C=O) groups is 2. The third-order valence-corrected chi connectivity index (χ3v) is 2.64. The minimum absolute atomic E-state index is 0.298. The van der Waals surface area contributed by atoms with E-state index in [0.717, 1.165) is 0 Å². The SMILES string of the molecule is CCC(C)OC(=O)C(C(=O)O)c1ccc(N)cc1. The van der Waals surface area contributed by atoms with Crippen molar-refractivity contribution < 1.29 is 19.4 Å². The number of rotatable bonds is 5. The fraction of sp³-hybridized carbons (Fsp3) is 0.385. The summed E-state index contributed by atoms with van der Waals surface area (Å²) in [4.78, 5) is 23.0. The summed E-state index contributed by atoms with van der Waals surface area (Å²) in [5.41, 5.74) is 6.40. The van der Waals surface area contributed by atoms with Crippen LogP contribution >= 0.6 is 0 Å². The van der Waals surface area contributed by atoms with Crippen LogP contribution in [-0.2, 0) is 14.3 Å². The molecule has 0 spiro atoms. The summed E-state index contributed by atoms with van der Waals surface area (Å²) in [7, 11) is 0. The zero-order chi connectivity index (χ0) is 13.7. The van der Waals surface area contributed by atoms with E-state index in [4.69, 9.17) is 15.6 Å². The minimum atomic E-state index is -1.31. The average Bonchev–Trinajstić information content (AvgIpc) is 2.31. The lowest BCUT2D eigenvalue weighted by Gasteiger charge is -2.16. The number of benzene rings is 1. The quantitative estimate of drug-likeness (QED) is 0.473. The molecule has 0 heterocycles. The molecule has 1 aromatic rings. The van der Waals surface area contributed by atoms with Crippen molar-refractivity contribution in [1.82, 2.24) is 0 Å². The van der Waals surface area contributed by atoms with Crippen LogP contribution in [0.15, 0.2) is 24.3 Å². The van der Waals surface area contributed by atoms with Crippen LogP contribution < -0.4 is 5.73 Å². The summed E-state index contributed by atoms with van der Waals surface area (Å²) >= 11 is 0. The number of nitrogens with two attached hydrogens (primary N) is 1. The molecule has 0 fully saturated rings. The van der Waals surface area contributed by atoms with Gasteiger partial charge in [-0.3, -0.25) is 9.59 Å². The Morgan fingerprint density at radius 1 is 1.33 bits per heavy atom. The van der Waals surface area contributed by atoms with Crippen LogP contribution in [0.5, 0.6) is 0 Å². The van der Waals surface area contributed by atoms with Gasteiger partial charge in [-0.2, -0.15) is 0 Å². The molecule has 0 saturated carbocycles. The van der Waals surface area contributed by atoms with Gasteiger partial charge in [0.1, 0.15) is 0 Å². The maximum absolute atomic E-state index is 11.8. The van der Waals surface area contributed by atoms with E-state index in [1.54, 1.807) is 19.1 Å². The van der Waals surface area contributed by atoms with Gasteiger partial charge in [-0.1, -0.05) is 19.1 Å². The van der Waals surface area contributed by atoms with Crippen LogP contribution in [0.2, 0.25) is 0 Å². The first-order valence-electron chi connectivity index (χ1n) is 5.74. The Bertz CT molecular complexity index is 427. The molecule has 0 aliphatic rings. The van der Waals surface area contributed by atoms with Crippen molar-refractivity contribution >= 4 is 17.6 Å². The second kappa shape index (κ2) is 6.05. The van der Waals surface area contributed by atoms with Crippen LogP contribution in [0.3, 0.4) is 0 Å². The molecule has 5 heteroatoms. The number of esters is 1. The van der Waals surface area contributed by atoms with Crippen LogP contribution in [0, 0.1) is 0 Å². The smallest absolute Gasteiger partial charge is 0.325 e. The van der Waals surface area contributed by atoms with Gasteiger partial charge in [-0.25, -0.2) is 0 Å². The highest BCUT2D eigenvalue weighted by Crippen LogP contribution is 2.20. The molecular weight excluding hydrogens is 234 g/mol. The topological polar surface area (TPSA) is 89.6 Å². The Morgan fingerprint density at radius 2 is 1.89 bits per heavy atom. The maximum atomic E-state index is 11.8. The van der Waals surface area contributed by atoms with Gasteiger partial charge in [-0.15, -0.1) is 0 Å². The Labute approximate surface area is 106 Å². The molecule has 0 aliphatic carbocycles. The number of anilines is 1. The van der Waals surface area contributed by atoms with Gasteiger partial charge in [0.05, 0.1) is 6.10 Å². The van der Waals surface area contributed by atoms with E-state index < -0.39 is 17.9 Å². The van der Waals surface area contributed by atoms with E-state index in [0.29, 0.717) is 17.7 Å². The summed E-state index contributed by atoms with van der Waals surface area (Å²) in [6.07, 6.45) is 0.341. The fourth-order valence-electron chi connectivity index (χ4n) is 1.42. The molecule has 0 amide bonds. The van der Waals surface area contributed by atoms with E-state index in [1.165, 1.54) is 12.1 Å². The first-order valence-corrected chi connectivity index (χ1v) is 5.74. The van der Waals surface area contributed by atoms with Crippen LogP contribution in [-0.4, -0.2) is 23.1 Å². The number of ether oxygens (including phenoxy) is 1. The average molecular weight is 251 g/mol. The number of carboxylic acid groups (broad SMARTS) is 1. The standard InChI is InChI=1S/C13H17NO4/c1-3-8(2)18-13(17)11(12(15)16)9-4-6-10(14)7-5-9/h4-8,11H,3,14H2,1-2H3,(H,15,16). The Morgan fingerprint density at radius 3 is 2.33 bits per heavy atom. The van der Waals surface area contributed by atoms with Crippen molar-refractivity contribution in [2.24, 2.45) is 0 Å². The number of hydrogen-bond acceptors (Lipinski definition) is 4. The first-order chi connectivity index (χ1) is 8.45. The monoisotopic (exact) mass is 251 g/mol. The maximum Gasteiger partial charge on any atom is 0.325 e. The number of carboxylic acids is 1. The van der Waals surface area contributed by atoms with Crippen molar-refractivity contribution in [2.45, 2.75) is 32.3 Å². The number of nitrogen functional groups attached to an aromatic ring is 1. The molecule has 1 rings (SSSR count). The molecule has 0 aliphatic heterocycles. The Hall–Kier alpha value is -2.04. The second-order valence-corrected chi connectivity index (χ2v) is 4.09. The van der Waals surface area contributed by atoms with Crippen molar-refractivity contribution in [2.75, 3.05) is 5.73 Å². The summed E-state index contributed by atoms with van der Waals surface area (Å²) in [6.45, 7) is 3.58. The molecular formula is C13H17NO4. The zero-order valence-corrected chi connectivity index (χ0v) is 10.4. The van der Waals surface area contributed by atoms with E-state index in [1.807, 2.05) is 6.92 Å². The fourth-order valence-corrected chi connectivity index (χ4v) is 1.42. The third kappa shape index (κ3) is 3.48. The largest absolute Gasteiger partial charge is 0.480 e. The highest BCUT2D eigenvalue weighted by Gasteiger charge is 2.30. The molecule has 0 saturated heterocycles. The van der Waals surface area contributed by atoms with Gasteiger partial charge in [0, 0.05) is 5.69 Å². The summed E-state index contributed by atoms with van der Waals surface area (Å²) in [5, 5.41) is 9.12. The molecule has 5 nitrogen and oxygen atoms in total. The predicted molar refractivity (Wildman–Crippen MR) is 67.1 cm³/mol. The van der Waals surface area contributed by atoms with Gasteiger partial charge in [0.2, 0.25) is 0 Å². The van der Waals surface area contributed by atoms with Gasteiger partial charge < -0.3 is 15.6 Å². The third-order valence-electron chi connectivity index (χ3n) is 2.64. The van der Waals surface area contributed by atoms with Gasteiger partial charge in [0.15, 0.2) is 5.92 Å². The Balaban J connectivity index is 2.92. The number of aliphatic carboxylic acids is 1. The minimum Gasteiger partial charge on any atom is -0.480 e. The molecule has 2 atom stereocenters. The zero-order valence-electron chi connectivity index (χ0n) is 10.4. The number of carbonyl (C=O) groups excluding carboxylic acids is 1. The first kappa shape index (κ1) is 14.0. The molecule has 0 radical (unpaired) electrons. The van der Waals surface area contributed by atoms with Gasteiger partial charge in [0.25, 0.3) is 0 Å². The van der Waals surface area contributed by atoms with Crippen molar-refractivity contribution in [3.8, 4) is 0 Å². The lowest BCUT2D eigenvalue weighted by Crippen LogP contribution is -2.26. The van der Waals surface area contributed by atoms with Crippen LogP contribution in [0.4, 0.5) is 5.69 Å². The molecule has 3 N–H and O–H groups in total. The van der Waals surface area contributed by atoms with Crippen molar-refractivity contribution in [3.63, 3.8) is 0 Å². The van der Waals surface area contributed by atoms with E-state index in [-0.39, 0.29) is 6.10 Å². The molecule has 18 heavy (non-hydrogen) atoms. The molecule has 2 unspecified atom stereocenters. The number of hydrogen-bond donors (Lipinski definition) is 2. The molecule has 98 valence electrons. The van der Waals surface area contributed by atoms with Gasteiger partial charge in [-0.05, 0) is 31.0 Å². The van der Waals surface area contributed by atoms with E-state index in [2.05, 4.69) is 0 Å². The lowest BCUT2D eigenvalue weighted by molar-refractivity contribution is -0.157. The molecule has 1 aromatic carbocycles. The molecule has 0 bridgehead atoms. The molecule has 0 aromatic heterocycles. The van der Waals surface area contributed by atoms with Crippen LogP contribution in [0.25, 0.3) is 0 Å². The summed E-state index contributed by atoms with van der Waals surface area (Å²) in [5.74, 6) is -3.28. The normalized spacial score (nSPS) is 13.7. The lowest BCUT2D eigenvalue weighted by atomic mass is 9.99. The van der Waals surface area contributed by atoms with Crippen molar-refractivity contribution in [3.05, 3.63) is 29.8 Å². The second-order valence-electron chi connectivity index (χ2n) is 4.09. The Kier molecular flexibility index (Phi) is 4.71. The van der Waals surface area contributed by atoms with Crippen LogP contribution in [0.1, 0.15) is 31.7 Å². The summed E-state index contributed by atoms with van der Waals surface area (Å²) in [6, 6.07) is 6.15. The highest BCUT2D eigenvalue weighted by molar-refractivity contribution is 6.00.